The molecule has 90 valence electrons. The first-order chi connectivity index (χ1) is 8.23. The van der Waals surface area contributed by atoms with Crippen molar-refractivity contribution in [1.82, 2.24) is 10.2 Å². The Kier molecular flexibility index (Phi) is 2.57. The molecule has 2 atom stereocenters. The topological polar surface area (TPSA) is 15.3 Å². The SMILES string of the molecule is C=C1CNC[C@]12[C@@H](C)CN2Cc1ccccc1. The summed E-state index contributed by atoms with van der Waals surface area (Å²) < 4.78 is 0. The van der Waals surface area contributed by atoms with Gasteiger partial charge in [0.1, 0.15) is 0 Å². The minimum Gasteiger partial charge on any atom is -0.311 e. The van der Waals surface area contributed by atoms with Crippen LogP contribution in [0.5, 0.6) is 0 Å². The summed E-state index contributed by atoms with van der Waals surface area (Å²) in [6, 6.07) is 10.7. The molecular formula is C15H20N2. The van der Waals surface area contributed by atoms with Gasteiger partial charge in [-0.05, 0) is 17.1 Å². The molecule has 1 spiro atoms. The maximum absolute atomic E-state index is 4.27. The third kappa shape index (κ3) is 1.55. The zero-order valence-electron chi connectivity index (χ0n) is 10.4. The van der Waals surface area contributed by atoms with Crippen molar-refractivity contribution in [3.63, 3.8) is 0 Å². The van der Waals surface area contributed by atoms with E-state index in [0.29, 0.717) is 0 Å². The van der Waals surface area contributed by atoms with Gasteiger partial charge in [0, 0.05) is 26.2 Å². The summed E-state index contributed by atoms with van der Waals surface area (Å²) in [6.07, 6.45) is 0. The van der Waals surface area contributed by atoms with E-state index in [9.17, 15) is 0 Å². The van der Waals surface area contributed by atoms with Crippen molar-refractivity contribution in [2.24, 2.45) is 5.92 Å². The summed E-state index contributed by atoms with van der Waals surface area (Å²) in [7, 11) is 0. The van der Waals surface area contributed by atoms with Gasteiger partial charge in [-0.1, -0.05) is 43.8 Å². The Morgan fingerprint density at radius 2 is 2.18 bits per heavy atom. The standard InChI is InChI=1S/C15H20N2/c1-12-8-16-11-15(12)13(2)9-17(15)10-14-6-4-3-5-7-14/h3-7,13,16H,1,8-11H2,2H3/t13-,15+/m0/s1. The molecule has 3 rings (SSSR count). The molecule has 0 radical (unpaired) electrons. The van der Waals surface area contributed by atoms with Crippen LogP contribution in [0.15, 0.2) is 42.5 Å². The van der Waals surface area contributed by atoms with Crippen LogP contribution in [0.3, 0.4) is 0 Å². The van der Waals surface area contributed by atoms with Gasteiger partial charge in [0.25, 0.3) is 0 Å². The number of rotatable bonds is 2. The average Bonchev–Trinajstić information content (AvgIpc) is 2.75. The molecule has 0 amide bonds. The van der Waals surface area contributed by atoms with Crippen LogP contribution < -0.4 is 5.32 Å². The average molecular weight is 228 g/mol. The van der Waals surface area contributed by atoms with Crippen molar-refractivity contribution in [2.75, 3.05) is 19.6 Å². The summed E-state index contributed by atoms with van der Waals surface area (Å²) >= 11 is 0. The highest BCUT2D eigenvalue weighted by molar-refractivity contribution is 5.32. The van der Waals surface area contributed by atoms with E-state index in [2.05, 4.69) is 54.1 Å². The van der Waals surface area contributed by atoms with Gasteiger partial charge in [0.05, 0.1) is 5.54 Å². The Hall–Kier alpha value is -1.12. The number of nitrogens with one attached hydrogen (secondary N) is 1. The van der Waals surface area contributed by atoms with E-state index < -0.39 is 0 Å². The lowest BCUT2D eigenvalue weighted by atomic mass is 9.71. The molecule has 2 aliphatic heterocycles. The summed E-state index contributed by atoms with van der Waals surface area (Å²) in [4.78, 5) is 2.58. The molecular weight excluding hydrogens is 208 g/mol. The fraction of sp³-hybridized carbons (Fsp3) is 0.467. The van der Waals surface area contributed by atoms with Crippen LogP contribution in [-0.4, -0.2) is 30.1 Å². The van der Waals surface area contributed by atoms with Gasteiger partial charge in [-0.25, -0.2) is 0 Å². The maximum Gasteiger partial charge on any atom is 0.0596 e. The van der Waals surface area contributed by atoms with Crippen LogP contribution in [0.2, 0.25) is 0 Å². The van der Waals surface area contributed by atoms with Gasteiger partial charge in [-0.3, -0.25) is 4.90 Å². The molecule has 2 heteroatoms. The molecule has 2 aliphatic rings. The van der Waals surface area contributed by atoms with Crippen LogP contribution in [0.1, 0.15) is 12.5 Å². The van der Waals surface area contributed by atoms with Crippen LogP contribution >= 0.6 is 0 Å². The first-order valence-corrected chi connectivity index (χ1v) is 6.41. The summed E-state index contributed by atoms with van der Waals surface area (Å²) in [5.74, 6) is 0.730. The fourth-order valence-corrected chi connectivity index (χ4v) is 3.39. The summed E-state index contributed by atoms with van der Waals surface area (Å²) in [5.41, 5.74) is 3.00. The lowest BCUT2D eigenvalue weighted by molar-refractivity contribution is -0.0394. The monoisotopic (exact) mass is 228 g/mol. The van der Waals surface area contributed by atoms with Crippen molar-refractivity contribution in [3.8, 4) is 0 Å². The predicted molar refractivity (Wildman–Crippen MR) is 70.8 cm³/mol. The number of hydrogen-bond donors (Lipinski definition) is 1. The summed E-state index contributed by atoms with van der Waals surface area (Å²) in [5, 5.41) is 3.47. The van der Waals surface area contributed by atoms with Crippen molar-refractivity contribution >= 4 is 0 Å². The molecule has 2 heterocycles. The van der Waals surface area contributed by atoms with Gasteiger partial charge in [0.2, 0.25) is 0 Å². The molecule has 17 heavy (non-hydrogen) atoms. The Morgan fingerprint density at radius 1 is 1.41 bits per heavy atom. The second-order valence-corrected chi connectivity index (χ2v) is 5.40. The zero-order valence-corrected chi connectivity index (χ0v) is 10.4. The van der Waals surface area contributed by atoms with E-state index in [1.54, 1.807) is 0 Å². The van der Waals surface area contributed by atoms with Gasteiger partial charge in [-0.2, -0.15) is 0 Å². The fourth-order valence-electron chi connectivity index (χ4n) is 3.39. The van der Waals surface area contributed by atoms with Gasteiger partial charge >= 0.3 is 0 Å². The second kappa shape index (κ2) is 3.97. The normalized spacial score (nSPS) is 33.0. The maximum atomic E-state index is 4.27. The van der Waals surface area contributed by atoms with E-state index in [1.165, 1.54) is 17.7 Å². The van der Waals surface area contributed by atoms with Gasteiger partial charge in [0.15, 0.2) is 0 Å². The number of likely N-dealkylation sites (tertiary alicyclic amines) is 1. The lowest BCUT2D eigenvalue weighted by Gasteiger charge is -2.56. The van der Waals surface area contributed by atoms with Gasteiger partial charge < -0.3 is 5.32 Å². The Balaban J connectivity index is 1.79. The first-order valence-electron chi connectivity index (χ1n) is 6.41. The highest BCUT2D eigenvalue weighted by Crippen LogP contribution is 2.44. The van der Waals surface area contributed by atoms with Crippen LogP contribution in [-0.2, 0) is 6.54 Å². The van der Waals surface area contributed by atoms with Crippen LogP contribution in [0.4, 0.5) is 0 Å². The number of nitrogens with zero attached hydrogens (tertiary/aromatic N) is 1. The van der Waals surface area contributed by atoms with E-state index >= 15 is 0 Å². The van der Waals surface area contributed by atoms with Crippen LogP contribution in [0.25, 0.3) is 0 Å². The van der Waals surface area contributed by atoms with E-state index in [1.807, 2.05) is 0 Å². The molecule has 0 aromatic heterocycles. The molecule has 1 aromatic rings. The van der Waals surface area contributed by atoms with E-state index in [0.717, 1.165) is 25.6 Å². The van der Waals surface area contributed by atoms with Crippen molar-refractivity contribution in [1.29, 1.82) is 0 Å². The largest absolute Gasteiger partial charge is 0.311 e. The molecule has 2 nitrogen and oxygen atoms in total. The molecule has 2 fully saturated rings. The highest BCUT2D eigenvalue weighted by Gasteiger charge is 2.54. The zero-order chi connectivity index (χ0) is 11.9. The number of benzene rings is 1. The third-order valence-electron chi connectivity index (χ3n) is 4.44. The molecule has 1 N–H and O–H groups in total. The Bertz CT molecular complexity index is 426. The smallest absolute Gasteiger partial charge is 0.0596 e. The first kappa shape index (κ1) is 11.0. The molecule has 0 aliphatic carbocycles. The summed E-state index contributed by atoms with van der Waals surface area (Å²) in [6.45, 7) is 10.9. The predicted octanol–water partition coefficient (Wildman–Crippen LogP) is 2.04. The van der Waals surface area contributed by atoms with E-state index in [-0.39, 0.29) is 5.54 Å². The highest BCUT2D eigenvalue weighted by atomic mass is 15.3. The minimum atomic E-state index is 0.232. The molecule has 1 aromatic carbocycles. The molecule has 2 saturated heterocycles. The molecule has 0 saturated carbocycles. The Labute approximate surface area is 103 Å². The van der Waals surface area contributed by atoms with Crippen molar-refractivity contribution in [2.45, 2.75) is 19.0 Å². The van der Waals surface area contributed by atoms with Gasteiger partial charge in [-0.15, -0.1) is 0 Å². The molecule has 0 bridgehead atoms. The third-order valence-corrected chi connectivity index (χ3v) is 4.44. The van der Waals surface area contributed by atoms with Crippen molar-refractivity contribution in [3.05, 3.63) is 48.0 Å². The second-order valence-electron chi connectivity index (χ2n) is 5.40. The Morgan fingerprint density at radius 3 is 2.76 bits per heavy atom. The molecule has 0 unspecified atom stereocenters. The quantitative estimate of drug-likeness (QED) is 0.779. The van der Waals surface area contributed by atoms with E-state index in [4.69, 9.17) is 0 Å². The lowest BCUT2D eigenvalue weighted by Crippen LogP contribution is -2.67. The van der Waals surface area contributed by atoms with Crippen LogP contribution in [0, 0.1) is 5.92 Å². The minimum absolute atomic E-state index is 0.232. The van der Waals surface area contributed by atoms with Crippen molar-refractivity contribution < 1.29 is 0 Å². The number of hydrogen-bond acceptors (Lipinski definition) is 2.